The number of nitrogens with zero attached hydrogens (tertiary/aromatic N) is 2. The molecule has 1 aromatic carbocycles. The molecular weight excluding hydrogens is 272 g/mol. The Bertz CT molecular complexity index is 614. The van der Waals surface area contributed by atoms with Gasteiger partial charge in [0, 0.05) is 36.0 Å². The fourth-order valence-corrected chi connectivity index (χ4v) is 3.60. The second kappa shape index (κ2) is 5.54. The van der Waals surface area contributed by atoms with Crippen molar-refractivity contribution in [3.63, 3.8) is 0 Å². The number of para-hydroxylation sites is 1. The Morgan fingerprint density at radius 1 is 1.36 bits per heavy atom. The molecule has 22 heavy (non-hydrogen) atoms. The van der Waals surface area contributed by atoms with Crippen LogP contribution in [0.5, 0.6) is 0 Å². The Morgan fingerprint density at radius 3 is 2.64 bits per heavy atom. The fraction of sp³-hybridized carbons (Fsp3) is 0.526. The quantitative estimate of drug-likeness (QED) is 0.779. The molecule has 0 amide bonds. The third-order valence-corrected chi connectivity index (χ3v) is 5.07. The van der Waals surface area contributed by atoms with Gasteiger partial charge in [0.15, 0.2) is 5.78 Å². The molecule has 0 bridgehead atoms. The van der Waals surface area contributed by atoms with Crippen molar-refractivity contribution in [3.8, 4) is 0 Å². The lowest BCUT2D eigenvalue weighted by Crippen LogP contribution is -2.32. The van der Waals surface area contributed by atoms with Crippen molar-refractivity contribution in [1.29, 1.82) is 0 Å². The van der Waals surface area contributed by atoms with Gasteiger partial charge in [-0.15, -0.1) is 0 Å². The van der Waals surface area contributed by atoms with E-state index < -0.39 is 0 Å². The summed E-state index contributed by atoms with van der Waals surface area (Å²) < 4.78 is 0. The van der Waals surface area contributed by atoms with Crippen LogP contribution >= 0.6 is 0 Å². The minimum absolute atomic E-state index is 0.113. The molecular formula is C19H26N2O. The number of hydrogen-bond acceptors (Lipinski definition) is 3. The van der Waals surface area contributed by atoms with E-state index in [2.05, 4.69) is 61.9 Å². The van der Waals surface area contributed by atoms with Crippen LogP contribution in [0.4, 0.5) is 5.69 Å². The lowest BCUT2D eigenvalue weighted by molar-refractivity contribution is -0.115. The average molecular weight is 298 g/mol. The monoisotopic (exact) mass is 298 g/mol. The van der Waals surface area contributed by atoms with Crippen LogP contribution in [0.1, 0.15) is 39.2 Å². The zero-order chi connectivity index (χ0) is 15.9. The molecule has 3 heteroatoms. The number of likely N-dealkylation sites (N-methyl/N-ethyl adjacent to an activating group) is 2. The highest BCUT2D eigenvalue weighted by Gasteiger charge is 2.38. The van der Waals surface area contributed by atoms with E-state index in [0.29, 0.717) is 12.6 Å². The zero-order valence-electron chi connectivity index (χ0n) is 14.1. The van der Waals surface area contributed by atoms with Crippen molar-refractivity contribution in [1.82, 2.24) is 4.90 Å². The molecule has 0 radical (unpaired) electrons. The highest BCUT2D eigenvalue weighted by atomic mass is 16.1. The first-order chi connectivity index (χ1) is 10.4. The molecule has 1 aliphatic heterocycles. The third-order valence-electron chi connectivity index (χ3n) is 5.07. The maximum absolute atomic E-state index is 12.5. The maximum Gasteiger partial charge on any atom is 0.171 e. The molecule has 1 saturated carbocycles. The summed E-state index contributed by atoms with van der Waals surface area (Å²) in [7, 11) is 2.06. The van der Waals surface area contributed by atoms with Gasteiger partial charge in [0.25, 0.3) is 0 Å². The number of carbonyl (C=O) groups is 1. The summed E-state index contributed by atoms with van der Waals surface area (Å²) in [6.45, 7) is 8.05. The molecule has 0 unspecified atom stereocenters. The second-order valence-electron chi connectivity index (χ2n) is 6.99. The van der Waals surface area contributed by atoms with Crippen molar-refractivity contribution in [2.45, 2.75) is 45.1 Å². The Morgan fingerprint density at radius 2 is 2.05 bits per heavy atom. The largest absolute Gasteiger partial charge is 0.347 e. The smallest absolute Gasteiger partial charge is 0.171 e. The van der Waals surface area contributed by atoms with Crippen LogP contribution in [0.3, 0.4) is 0 Å². The number of hydrogen-bond donors (Lipinski definition) is 0. The molecule has 1 heterocycles. The normalized spacial score (nSPS) is 21.5. The van der Waals surface area contributed by atoms with Crippen molar-refractivity contribution >= 4 is 11.5 Å². The van der Waals surface area contributed by atoms with Gasteiger partial charge in [-0.1, -0.05) is 39.0 Å². The van der Waals surface area contributed by atoms with Crippen LogP contribution in [0.2, 0.25) is 0 Å². The average Bonchev–Trinajstić information content (AvgIpc) is 3.31. The highest BCUT2D eigenvalue weighted by Crippen LogP contribution is 2.46. The van der Waals surface area contributed by atoms with E-state index in [1.165, 1.54) is 24.1 Å². The second-order valence-corrected chi connectivity index (χ2v) is 6.99. The van der Waals surface area contributed by atoms with Crippen LogP contribution in [0.25, 0.3) is 0 Å². The molecule has 0 N–H and O–H groups in total. The van der Waals surface area contributed by atoms with Gasteiger partial charge < -0.3 is 4.90 Å². The number of benzene rings is 1. The molecule has 2 aliphatic rings. The number of allylic oxidation sites excluding steroid dienone is 1. The molecule has 1 aliphatic carbocycles. The van der Waals surface area contributed by atoms with Crippen molar-refractivity contribution < 1.29 is 4.79 Å². The maximum atomic E-state index is 12.5. The predicted molar refractivity (Wildman–Crippen MR) is 91.2 cm³/mol. The van der Waals surface area contributed by atoms with E-state index in [1.807, 2.05) is 6.08 Å². The highest BCUT2D eigenvalue weighted by molar-refractivity contribution is 5.94. The van der Waals surface area contributed by atoms with E-state index in [1.54, 1.807) is 0 Å². The minimum atomic E-state index is -0.113. The summed E-state index contributed by atoms with van der Waals surface area (Å²) in [5.41, 5.74) is 3.50. The molecule has 118 valence electrons. The van der Waals surface area contributed by atoms with Gasteiger partial charge in [0.1, 0.15) is 0 Å². The fourth-order valence-electron chi connectivity index (χ4n) is 3.60. The van der Waals surface area contributed by atoms with E-state index >= 15 is 0 Å². The number of carbonyl (C=O) groups excluding carboxylic acids is 1. The summed E-state index contributed by atoms with van der Waals surface area (Å²) >= 11 is 0. The van der Waals surface area contributed by atoms with Crippen LogP contribution < -0.4 is 4.90 Å². The Kier molecular flexibility index (Phi) is 3.85. The van der Waals surface area contributed by atoms with Crippen LogP contribution in [0, 0.1) is 0 Å². The predicted octanol–water partition coefficient (Wildman–Crippen LogP) is 3.35. The van der Waals surface area contributed by atoms with Crippen molar-refractivity contribution in [2.75, 3.05) is 25.0 Å². The summed E-state index contributed by atoms with van der Waals surface area (Å²) in [5, 5.41) is 0. The molecule has 0 aromatic heterocycles. The number of fused-ring (bicyclic) bond motifs is 1. The van der Waals surface area contributed by atoms with Gasteiger partial charge >= 0.3 is 0 Å². The molecule has 3 rings (SSSR count). The summed E-state index contributed by atoms with van der Waals surface area (Å²) in [4.78, 5) is 17.0. The van der Waals surface area contributed by atoms with E-state index in [-0.39, 0.29) is 11.2 Å². The Labute approximate surface area is 133 Å². The van der Waals surface area contributed by atoms with Gasteiger partial charge in [-0.05, 0) is 31.0 Å². The summed E-state index contributed by atoms with van der Waals surface area (Å²) in [6, 6.07) is 9.07. The summed E-state index contributed by atoms with van der Waals surface area (Å²) in [6.07, 6.45) is 4.36. The molecule has 0 spiro atoms. The van der Waals surface area contributed by atoms with E-state index in [4.69, 9.17) is 0 Å². The van der Waals surface area contributed by atoms with E-state index in [9.17, 15) is 4.79 Å². The molecule has 0 saturated heterocycles. The van der Waals surface area contributed by atoms with E-state index in [0.717, 1.165) is 12.2 Å². The number of ketones is 1. The van der Waals surface area contributed by atoms with Crippen LogP contribution in [0.15, 0.2) is 36.0 Å². The van der Waals surface area contributed by atoms with Crippen molar-refractivity contribution in [2.24, 2.45) is 0 Å². The van der Waals surface area contributed by atoms with Gasteiger partial charge in [-0.25, -0.2) is 0 Å². The molecule has 0 atom stereocenters. The first-order valence-electron chi connectivity index (χ1n) is 8.27. The molecule has 1 aromatic rings. The lowest BCUT2D eigenvalue weighted by Gasteiger charge is -2.24. The zero-order valence-corrected chi connectivity index (χ0v) is 14.1. The number of rotatable bonds is 5. The minimum Gasteiger partial charge on any atom is -0.347 e. The van der Waals surface area contributed by atoms with Crippen LogP contribution in [-0.4, -0.2) is 36.9 Å². The van der Waals surface area contributed by atoms with Gasteiger partial charge in [0.2, 0.25) is 0 Å². The van der Waals surface area contributed by atoms with Gasteiger partial charge in [-0.2, -0.15) is 0 Å². The summed E-state index contributed by atoms with van der Waals surface area (Å²) in [5.74, 6) is 0.219. The Balaban J connectivity index is 1.83. The topological polar surface area (TPSA) is 23.6 Å². The van der Waals surface area contributed by atoms with Crippen LogP contribution in [-0.2, 0) is 10.2 Å². The SMILES string of the molecule is CCN(CC(=O)/C=C1/N(C)c2ccccc2C1(C)C)C1CC1. The lowest BCUT2D eigenvalue weighted by atomic mass is 9.83. The van der Waals surface area contributed by atoms with Crippen molar-refractivity contribution in [3.05, 3.63) is 41.6 Å². The first-order valence-corrected chi connectivity index (χ1v) is 8.27. The molecule has 1 fully saturated rings. The Hall–Kier alpha value is -1.61. The first kappa shape index (κ1) is 15.3. The molecule has 3 nitrogen and oxygen atoms in total. The standard InChI is InChI=1S/C19H26N2O/c1-5-21(14-10-11-14)13-15(22)12-18-19(2,3)16-8-6-7-9-17(16)20(18)4/h6-9,12,14H,5,10-11,13H2,1-4H3/b18-12+. The third kappa shape index (κ3) is 2.58. The number of anilines is 1. The van der Waals surface area contributed by atoms with Gasteiger partial charge in [0.05, 0.1) is 6.54 Å². The van der Waals surface area contributed by atoms with Gasteiger partial charge in [-0.3, -0.25) is 9.69 Å².